The van der Waals surface area contributed by atoms with Crippen LogP contribution >= 0.6 is 0 Å². The molecule has 1 aliphatic heterocycles. The van der Waals surface area contributed by atoms with E-state index in [0.29, 0.717) is 25.3 Å². The van der Waals surface area contributed by atoms with Gasteiger partial charge in [0.15, 0.2) is 0 Å². The van der Waals surface area contributed by atoms with Gasteiger partial charge in [-0.3, -0.25) is 4.79 Å². The van der Waals surface area contributed by atoms with Crippen molar-refractivity contribution >= 4 is 5.91 Å². The Morgan fingerprint density at radius 3 is 2.57 bits per heavy atom. The molecule has 1 aliphatic rings. The van der Waals surface area contributed by atoms with E-state index in [-0.39, 0.29) is 17.6 Å². The van der Waals surface area contributed by atoms with E-state index >= 15 is 0 Å². The van der Waals surface area contributed by atoms with Crippen molar-refractivity contribution in [3.8, 4) is 5.75 Å². The van der Waals surface area contributed by atoms with Gasteiger partial charge in [-0.1, -0.05) is 0 Å². The molecule has 0 bridgehead atoms. The van der Waals surface area contributed by atoms with Crippen LogP contribution < -0.4 is 4.74 Å². The zero-order valence-electron chi connectivity index (χ0n) is 13.1. The molecule has 1 heterocycles. The molecule has 1 aromatic carbocycles. The number of ether oxygens (including phenoxy) is 3. The quantitative estimate of drug-likeness (QED) is 0.851. The highest BCUT2D eigenvalue weighted by atomic mass is 16.5. The van der Waals surface area contributed by atoms with Gasteiger partial charge in [0.25, 0.3) is 5.91 Å². The van der Waals surface area contributed by atoms with Crippen molar-refractivity contribution in [3.63, 3.8) is 0 Å². The predicted octanol–water partition coefficient (Wildman–Crippen LogP) is 1.96. The summed E-state index contributed by atoms with van der Waals surface area (Å²) < 4.78 is 16.2. The Morgan fingerprint density at radius 2 is 2.00 bits per heavy atom. The summed E-state index contributed by atoms with van der Waals surface area (Å²) >= 11 is 0. The molecule has 0 aliphatic carbocycles. The second kappa shape index (κ2) is 6.45. The van der Waals surface area contributed by atoms with Gasteiger partial charge in [-0.25, -0.2) is 0 Å². The summed E-state index contributed by atoms with van der Waals surface area (Å²) in [5.41, 5.74) is 0.286. The Labute approximate surface area is 125 Å². The molecular weight excluding hydrogens is 270 g/mol. The number of hydrogen-bond donors (Lipinski definition) is 0. The molecule has 1 atom stereocenters. The lowest BCUT2D eigenvalue weighted by atomic mass is 10.0. The first-order valence-electron chi connectivity index (χ1n) is 7.05. The molecule has 5 heteroatoms. The van der Waals surface area contributed by atoms with Crippen LogP contribution in [0.2, 0.25) is 0 Å². The number of carbonyl (C=O) groups is 1. The molecule has 5 nitrogen and oxygen atoms in total. The largest absolute Gasteiger partial charge is 0.497 e. The number of carbonyl (C=O) groups excluding carboxylic acids is 1. The number of morpholine rings is 1. The summed E-state index contributed by atoms with van der Waals surface area (Å²) in [5.74, 6) is 0.751. The normalized spacial score (nSPS) is 21.1. The van der Waals surface area contributed by atoms with Gasteiger partial charge in [0.05, 0.1) is 25.4 Å². The lowest BCUT2D eigenvalue weighted by Crippen LogP contribution is -2.55. The van der Waals surface area contributed by atoms with Crippen LogP contribution in [0, 0.1) is 0 Å². The highest BCUT2D eigenvalue weighted by molar-refractivity contribution is 5.94. The Balaban J connectivity index is 2.12. The maximum Gasteiger partial charge on any atom is 0.254 e. The first-order valence-corrected chi connectivity index (χ1v) is 7.05. The van der Waals surface area contributed by atoms with E-state index in [2.05, 4.69) is 0 Å². The Morgan fingerprint density at radius 1 is 1.33 bits per heavy atom. The number of benzene rings is 1. The van der Waals surface area contributed by atoms with Gasteiger partial charge < -0.3 is 19.1 Å². The standard InChI is InChI=1S/C16H23NO4/c1-16(2)11-17(9-14(21-16)10-19-3)15(18)12-5-7-13(20-4)8-6-12/h5-8,14H,9-11H2,1-4H3. The van der Waals surface area contributed by atoms with Crippen LogP contribution in [0.4, 0.5) is 0 Å². The second-order valence-electron chi connectivity index (χ2n) is 5.87. The topological polar surface area (TPSA) is 48.0 Å². The summed E-state index contributed by atoms with van der Waals surface area (Å²) in [6, 6.07) is 7.17. The van der Waals surface area contributed by atoms with E-state index in [9.17, 15) is 4.79 Å². The minimum Gasteiger partial charge on any atom is -0.497 e. The summed E-state index contributed by atoms with van der Waals surface area (Å²) in [5, 5.41) is 0. The lowest BCUT2D eigenvalue weighted by Gasteiger charge is -2.42. The van der Waals surface area contributed by atoms with E-state index in [4.69, 9.17) is 14.2 Å². The van der Waals surface area contributed by atoms with Crippen LogP contribution in [0.25, 0.3) is 0 Å². The summed E-state index contributed by atoms with van der Waals surface area (Å²) in [6.45, 7) is 5.57. The van der Waals surface area contributed by atoms with Crippen molar-refractivity contribution in [1.82, 2.24) is 4.90 Å². The molecule has 0 spiro atoms. The number of amides is 1. The molecule has 1 unspecified atom stereocenters. The average molecular weight is 293 g/mol. The summed E-state index contributed by atoms with van der Waals surface area (Å²) in [7, 11) is 3.25. The van der Waals surface area contributed by atoms with Crippen molar-refractivity contribution < 1.29 is 19.0 Å². The van der Waals surface area contributed by atoms with Gasteiger partial charge in [-0.05, 0) is 38.1 Å². The summed E-state index contributed by atoms with van der Waals surface area (Å²) in [4.78, 5) is 14.5. The fourth-order valence-corrected chi connectivity index (χ4v) is 2.64. The monoisotopic (exact) mass is 293 g/mol. The van der Waals surface area contributed by atoms with Gasteiger partial charge in [0.1, 0.15) is 5.75 Å². The van der Waals surface area contributed by atoms with Crippen molar-refractivity contribution in [3.05, 3.63) is 29.8 Å². The zero-order valence-corrected chi connectivity index (χ0v) is 13.1. The van der Waals surface area contributed by atoms with E-state index in [1.165, 1.54) is 0 Å². The van der Waals surface area contributed by atoms with Crippen LogP contribution in [0.15, 0.2) is 24.3 Å². The van der Waals surface area contributed by atoms with Gasteiger partial charge >= 0.3 is 0 Å². The fourth-order valence-electron chi connectivity index (χ4n) is 2.64. The van der Waals surface area contributed by atoms with Gasteiger partial charge in [-0.15, -0.1) is 0 Å². The van der Waals surface area contributed by atoms with Crippen molar-refractivity contribution in [2.45, 2.75) is 25.6 Å². The molecule has 0 radical (unpaired) electrons. The molecule has 1 amide bonds. The third-order valence-corrected chi connectivity index (χ3v) is 3.46. The van der Waals surface area contributed by atoms with Gasteiger partial charge in [0, 0.05) is 25.8 Å². The predicted molar refractivity (Wildman–Crippen MR) is 79.7 cm³/mol. The molecule has 1 fully saturated rings. The molecule has 0 saturated carbocycles. The third kappa shape index (κ3) is 3.95. The third-order valence-electron chi connectivity index (χ3n) is 3.46. The van der Waals surface area contributed by atoms with Crippen molar-refractivity contribution in [2.75, 3.05) is 33.9 Å². The van der Waals surface area contributed by atoms with Crippen LogP contribution in [-0.2, 0) is 9.47 Å². The lowest BCUT2D eigenvalue weighted by molar-refractivity contribution is -0.143. The van der Waals surface area contributed by atoms with E-state index in [0.717, 1.165) is 5.75 Å². The number of methoxy groups -OCH3 is 2. The van der Waals surface area contributed by atoms with E-state index < -0.39 is 0 Å². The minimum atomic E-state index is -0.371. The SMILES string of the molecule is COCC1CN(C(=O)c2ccc(OC)cc2)CC(C)(C)O1. The molecule has 1 saturated heterocycles. The molecule has 116 valence electrons. The van der Waals surface area contributed by atoms with Crippen LogP contribution in [0.5, 0.6) is 5.75 Å². The van der Waals surface area contributed by atoms with E-state index in [1.807, 2.05) is 18.7 Å². The van der Waals surface area contributed by atoms with Crippen LogP contribution in [-0.4, -0.2) is 56.4 Å². The first-order chi connectivity index (χ1) is 9.95. The number of rotatable bonds is 4. The van der Waals surface area contributed by atoms with E-state index in [1.54, 1.807) is 38.5 Å². The number of hydrogen-bond acceptors (Lipinski definition) is 4. The highest BCUT2D eigenvalue weighted by Crippen LogP contribution is 2.23. The molecule has 1 aromatic rings. The van der Waals surface area contributed by atoms with Crippen LogP contribution in [0.3, 0.4) is 0 Å². The average Bonchev–Trinajstić information content (AvgIpc) is 2.45. The maximum absolute atomic E-state index is 12.6. The van der Waals surface area contributed by atoms with Crippen molar-refractivity contribution in [2.24, 2.45) is 0 Å². The zero-order chi connectivity index (χ0) is 15.5. The smallest absolute Gasteiger partial charge is 0.254 e. The minimum absolute atomic E-state index is 0.00938. The maximum atomic E-state index is 12.6. The van der Waals surface area contributed by atoms with Crippen molar-refractivity contribution in [1.29, 1.82) is 0 Å². The Hall–Kier alpha value is -1.59. The first kappa shape index (κ1) is 15.8. The Kier molecular flexibility index (Phi) is 4.85. The molecular formula is C16H23NO4. The molecule has 2 rings (SSSR count). The Bertz CT molecular complexity index is 484. The molecule has 21 heavy (non-hydrogen) atoms. The fraction of sp³-hybridized carbons (Fsp3) is 0.562. The van der Waals surface area contributed by atoms with Crippen LogP contribution in [0.1, 0.15) is 24.2 Å². The second-order valence-corrected chi connectivity index (χ2v) is 5.87. The van der Waals surface area contributed by atoms with Gasteiger partial charge in [0.2, 0.25) is 0 Å². The molecule has 0 N–H and O–H groups in total. The summed E-state index contributed by atoms with van der Waals surface area (Å²) in [6.07, 6.45) is -0.0963. The highest BCUT2D eigenvalue weighted by Gasteiger charge is 2.35. The number of nitrogens with zero attached hydrogens (tertiary/aromatic N) is 1. The van der Waals surface area contributed by atoms with Gasteiger partial charge in [-0.2, -0.15) is 0 Å². The molecule has 0 aromatic heterocycles.